The van der Waals surface area contributed by atoms with Crippen molar-refractivity contribution in [2.75, 3.05) is 0 Å². The molecule has 1 saturated carbocycles. The Bertz CT molecular complexity index is 624. The molecular formula is C14H13ClN2O3. The van der Waals surface area contributed by atoms with E-state index in [0.717, 1.165) is 18.4 Å². The molecule has 1 fully saturated rings. The van der Waals surface area contributed by atoms with E-state index < -0.39 is 11.9 Å². The summed E-state index contributed by atoms with van der Waals surface area (Å²) in [4.78, 5) is 15.5. The lowest BCUT2D eigenvalue weighted by molar-refractivity contribution is -0.142. The summed E-state index contributed by atoms with van der Waals surface area (Å²) in [5, 5.41) is 13.8. The third-order valence-electron chi connectivity index (χ3n) is 3.69. The second-order valence-electron chi connectivity index (χ2n) is 4.95. The predicted molar refractivity (Wildman–Crippen MR) is 72.5 cm³/mol. The molecule has 0 saturated heterocycles. The molecule has 1 aromatic carbocycles. The van der Waals surface area contributed by atoms with Crippen LogP contribution in [0, 0.1) is 5.92 Å². The van der Waals surface area contributed by atoms with Gasteiger partial charge >= 0.3 is 5.97 Å². The van der Waals surface area contributed by atoms with Gasteiger partial charge < -0.3 is 9.63 Å². The van der Waals surface area contributed by atoms with Crippen molar-refractivity contribution >= 4 is 17.6 Å². The fraction of sp³-hybridized carbons (Fsp3) is 0.357. The maximum Gasteiger partial charge on any atom is 0.307 e. The number of aliphatic carboxylic acids is 1. The normalized spacial score (nSPS) is 22.1. The third kappa shape index (κ3) is 2.41. The molecule has 0 radical (unpaired) electrons. The molecule has 1 aromatic heterocycles. The number of nitrogens with zero attached hydrogens (tertiary/aromatic N) is 2. The molecule has 2 aromatic rings. The number of carboxylic acids is 1. The van der Waals surface area contributed by atoms with Gasteiger partial charge in [-0.25, -0.2) is 0 Å². The largest absolute Gasteiger partial charge is 0.481 e. The highest BCUT2D eigenvalue weighted by Crippen LogP contribution is 2.39. The average molecular weight is 293 g/mol. The lowest BCUT2D eigenvalue weighted by Crippen LogP contribution is -2.17. The summed E-state index contributed by atoms with van der Waals surface area (Å²) < 4.78 is 5.26. The number of carbonyl (C=O) groups is 1. The molecule has 1 heterocycles. The SMILES string of the molecule is O=C(O)C1CCCC1c1nc(-c2ccc(Cl)cc2)no1. The van der Waals surface area contributed by atoms with Crippen LogP contribution >= 0.6 is 11.6 Å². The van der Waals surface area contributed by atoms with E-state index >= 15 is 0 Å². The lowest BCUT2D eigenvalue weighted by Gasteiger charge is -2.09. The van der Waals surface area contributed by atoms with Crippen LogP contribution in [0.4, 0.5) is 0 Å². The summed E-state index contributed by atoms with van der Waals surface area (Å²) >= 11 is 5.83. The van der Waals surface area contributed by atoms with Crippen LogP contribution in [0.25, 0.3) is 11.4 Å². The minimum Gasteiger partial charge on any atom is -0.481 e. The van der Waals surface area contributed by atoms with Gasteiger partial charge in [0.2, 0.25) is 11.7 Å². The third-order valence-corrected chi connectivity index (χ3v) is 3.95. The maximum atomic E-state index is 11.2. The number of hydrogen-bond donors (Lipinski definition) is 1. The molecule has 0 aliphatic heterocycles. The Hall–Kier alpha value is -1.88. The molecule has 2 unspecified atom stereocenters. The van der Waals surface area contributed by atoms with E-state index in [4.69, 9.17) is 16.1 Å². The van der Waals surface area contributed by atoms with Crippen LogP contribution in [-0.4, -0.2) is 21.2 Å². The van der Waals surface area contributed by atoms with Crippen LogP contribution < -0.4 is 0 Å². The lowest BCUT2D eigenvalue weighted by atomic mass is 9.96. The monoisotopic (exact) mass is 292 g/mol. The quantitative estimate of drug-likeness (QED) is 0.938. The van der Waals surface area contributed by atoms with Crippen LogP contribution in [0.3, 0.4) is 0 Å². The van der Waals surface area contributed by atoms with Gasteiger partial charge in [0, 0.05) is 10.6 Å². The van der Waals surface area contributed by atoms with Crippen molar-refractivity contribution in [3.63, 3.8) is 0 Å². The molecule has 1 N–H and O–H groups in total. The van der Waals surface area contributed by atoms with Gasteiger partial charge in [0.25, 0.3) is 0 Å². The summed E-state index contributed by atoms with van der Waals surface area (Å²) in [6.45, 7) is 0. The van der Waals surface area contributed by atoms with Crippen molar-refractivity contribution in [2.24, 2.45) is 5.92 Å². The fourth-order valence-electron chi connectivity index (χ4n) is 2.65. The Kier molecular flexibility index (Phi) is 3.44. The van der Waals surface area contributed by atoms with Crippen molar-refractivity contribution in [3.05, 3.63) is 35.2 Å². The molecule has 104 valence electrons. The molecule has 1 aliphatic rings. The summed E-state index contributed by atoms with van der Waals surface area (Å²) in [6, 6.07) is 7.12. The number of halogens is 1. The van der Waals surface area contributed by atoms with Crippen molar-refractivity contribution in [3.8, 4) is 11.4 Å². The first-order valence-electron chi connectivity index (χ1n) is 6.47. The first kappa shape index (κ1) is 13.1. The fourth-order valence-corrected chi connectivity index (χ4v) is 2.78. The van der Waals surface area contributed by atoms with Gasteiger partial charge in [0.05, 0.1) is 11.8 Å². The molecule has 0 spiro atoms. The van der Waals surface area contributed by atoms with E-state index in [1.165, 1.54) is 0 Å². The van der Waals surface area contributed by atoms with Crippen LogP contribution in [0.1, 0.15) is 31.1 Å². The zero-order valence-electron chi connectivity index (χ0n) is 10.6. The molecule has 20 heavy (non-hydrogen) atoms. The minimum absolute atomic E-state index is 0.180. The maximum absolute atomic E-state index is 11.2. The Morgan fingerprint density at radius 3 is 2.75 bits per heavy atom. The minimum atomic E-state index is -0.793. The van der Waals surface area contributed by atoms with Crippen LogP contribution in [0.15, 0.2) is 28.8 Å². The highest BCUT2D eigenvalue weighted by atomic mass is 35.5. The number of rotatable bonds is 3. The number of hydrogen-bond acceptors (Lipinski definition) is 4. The Morgan fingerprint density at radius 2 is 2.05 bits per heavy atom. The van der Waals surface area contributed by atoms with Crippen molar-refractivity contribution in [1.29, 1.82) is 0 Å². The number of aromatic nitrogens is 2. The Labute approximate surface area is 120 Å². The van der Waals surface area contributed by atoms with Crippen molar-refractivity contribution < 1.29 is 14.4 Å². The molecule has 0 amide bonds. The van der Waals surface area contributed by atoms with Gasteiger partial charge in [-0.15, -0.1) is 0 Å². The second-order valence-corrected chi connectivity index (χ2v) is 5.38. The molecular weight excluding hydrogens is 280 g/mol. The van der Waals surface area contributed by atoms with Crippen LogP contribution in [-0.2, 0) is 4.79 Å². The summed E-state index contributed by atoms with van der Waals surface area (Å²) in [6.07, 6.45) is 2.32. The number of carboxylic acid groups (broad SMARTS) is 1. The Morgan fingerprint density at radius 1 is 1.30 bits per heavy atom. The van der Waals surface area contributed by atoms with E-state index in [1.807, 2.05) is 0 Å². The van der Waals surface area contributed by atoms with Gasteiger partial charge in [-0.3, -0.25) is 4.79 Å². The number of benzene rings is 1. The van der Waals surface area contributed by atoms with Gasteiger partial charge in [-0.2, -0.15) is 4.98 Å². The topological polar surface area (TPSA) is 76.2 Å². The highest BCUT2D eigenvalue weighted by Gasteiger charge is 2.37. The van der Waals surface area contributed by atoms with Gasteiger partial charge in [-0.1, -0.05) is 23.2 Å². The van der Waals surface area contributed by atoms with E-state index in [0.29, 0.717) is 23.2 Å². The van der Waals surface area contributed by atoms with Gasteiger partial charge in [-0.05, 0) is 37.1 Å². The van der Waals surface area contributed by atoms with Crippen molar-refractivity contribution in [2.45, 2.75) is 25.2 Å². The average Bonchev–Trinajstić information content (AvgIpc) is 3.08. The summed E-state index contributed by atoms with van der Waals surface area (Å²) in [7, 11) is 0. The first-order valence-corrected chi connectivity index (χ1v) is 6.85. The molecule has 0 bridgehead atoms. The molecule has 5 nitrogen and oxygen atoms in total. The van der Waals surface area contributed by atoms with Crippen LogP contribution in [0.5, 0.6) is 0 Å². The van der Waals surface area contributed by atoms with Gasteiger partial charge in [0.15, 0.2) is 0 Å². The summed E-state index contributed by atoms with van der Waals surface area (Å²) in [5.41, 5.74) is 0.800. The van der Waals surface area contributed by atoms with E-state index in [1.54, 1.807) is 24.3 Å². The smallest absolute Gasteiger partial charge is 0.307 e. The summed E-state index contributed by atoms with van der Waals surface area (Å²) in [5.74, 6) is -0.513. The van der Waals surface area contributed by atoms with E-state index in [2.05, 4.69) is 10.1 Å². The molecule has 6 heteroatoms. The highest BCUT2D eigenvalue weighted by molar-refractivity contribution is 6.30. The van der Waals surface area contributed by atoms with Crippen LogP contribution in [0.2, 0.25) is 5.02 Å². The predicted octanol–water partition coefficient (Wildman–Crippen LogP) is 3.36. The van der Waals surface area contributed by atoms with E-state index in [9.17, 15) is 9.90 Å². The van der Waals surface area contributed by atoms with E-state index in [-0.39, 0.29) is 5.92 Å². The second kappa shape index (κ2) is 5.25. The van der Waals surface area contributed by atoms with Gasteiger partial charge in [0.1, 0.15) is 0 Å². The zero-order valence-corrected chi connectivity index (χ0v) is 11.4. The Balaban J connectivity index is 1.86. The standard InChI is InChI=1S/C14H13ClN2O3/c15-9-6-4-8(5-7-9)12-16-13(20-17-12)10-2-1-3-11(10)14(18)19/h4-7,10-11H,1-3H2,(H,18,19). The zero-order chi connectivity index (χ0) is 14.1. The van der Waals surface area contributed by atoms with Crippen molar-refractivity contribution in [1.82, 2.24) is 10.1 Å². The molecule has 1 aliphatic carbocycles. The molecule has 2 atom stereocenters. The first-order chi connectivity index (χ1) is 9.65. The molecule has 3 rings (SSSR count).